The maximum atomic E-state index is 12.1. The Labute approximate surface area is 153 Å². The van der Waals surface area contributed by atoms with Crippen molar-refractivity contribution in [3.63, 3.8) is 0 Å². The van der Waals surface area contributed by atoms with Gasteiger partial charge in [-0.1, -0.05) is 11.8 Å². The molecule has 0 amide bonds. The molecule has 1 aliphatic carbocycles. The number of ether oxygens (including phenoxy) is 1. The summed E-state index contributed by atoms with van der Waals surface area (Å²) >= 11 is 1.41. The Balaban J connectivity index is 1.57. The predicted octanol–water partition coefficient (Wildman–Crippen LogP) is 2.58. The Hall–Kier alpha value is -2.62. The lowest BCUT2D eigenvalue weighted by Gasteiger charge is -2.03. The number of furan rings is 1. The molecule has 0 atom stereocenters. The molecule has 1 saturated carbocycles. The third kappa shape index (κ3) is 3.12. The third-order valence-corrected chi connectivity index (χ3v) is 4.90. The molecule has 0 saturated heterocycles. The molecule has 0 spiro atoms. The van der Waals surface area contributed by atoms with Crippen molar-refractivity contribution in [1.82, 2.24) is 25.1 Å². The number of nitrogens with one attached hydrogen (secondary N) is 1. The molecular weight excluding hydrogens is 356 g/mol. The maximum Gasteiger partial charge on any atom is 0.342 e. The standard InChI is InChI=1S/C16H18N6O3S/c1-3-24-15(23)10-7(2)25-14-11(10)12(17)18-9(19-14)6-26-16-20-13(21-22-16)8-4-5-8/h8H,3-6H2,1-2H3,(H2,17,18,19)(H,20,21,22). The van der Waals surface area contributed by atoms with Crippen molar-refractivity contribution in [3.05, 3.63) is 23.0 Å². The molecule has 26 heavy (non-hydrogen) atoms. The predicted molar refractivity (Wildman–Crippen MR) is 94.8 cm³/mol. The van der Waals surface area contributed by atoms with E-state index in [1.807, 2.05) is 0 Å². The summed E-state index contributed by atoms with van der Waals surface area (Å²) < 4.78 is 10.7. The maximum absolute atomic E-state index is 12.1. The smallest absolute Gasteiger partial charge is 0.342 e. The number of aromatic amines is 1. The fraction of sp³-hybridized carbons (Fsp3) is 0.438. The zero-order valence-electron chi connectivity index (χ0n) is 14.4. The number of esters is 1. The molecule has 0 aromatic carbocycles. The van der Waals surface area contributed by atoms with Crippen molar-refractivity contribution < 1.29 is 13.9 Å². The number of nitrogens with zero attached hydrogens (tertiary/aromatic N) is 4. The minimum Gasteiger partial charge on any atom is -0.462 e. The summed E-state index contributed by atoms with van der Waals surface area (Å²) in [5, 5.41) is 8.20. The average Bonchev–Trinajstić information content (AvgIpc) is 3.24. The number of hydrogen-bond donors (Lipinski definition) is 2. The van der Waals surface area contributed by atoms with Gasteiger partial charge in [0.25, 0.3) is 0 Å². The molecule has 0 unspecified atom stereocenters. The van der Waals surface area contributed by atoms with Crippen LogP contribution < -0.4 is 5.73 Å². The summed E-state index contributed by atoms with van der Waals surface area (Å²) in [4.78, 5) is 25.3. The van der Waals surface area contributed by atoms with Crippen LogP contribution in [0.3, 0.4) is 0 Å². The van der Waals surface area contributed by atoms with Crippen LogP contribution in [0.2, 0.25) is 0 Å². The zero-order chi connectivity index (χ0) is 18.3. The van der Waals surface area contributed by atoms with Gasteiger partial charge in [-0.3, -0.25) is 5.10 Å². The van der Waals surface area contributed by atoms with Gasteiger partial charge in [-0.15, -0.1) is 5.10 Å². The van der Waals surface area contributed by atoms with Crippen LogP contribution >= 0.6 is 11.8 Å². The minimum atomic E-state index is -0.491. The van der Waals surface area contributed by atoms with Gasteiger partial charge in [-0.05, 0) is 26.7 Å². The summed E-state index contributed by atoms with van der Waals surface area (Å²) in [5.74, 6) is 2.50. The van der Waals surface area contributed by atoms with Gasteiger partial charge in [0.15, 0.2) is 0 Å². The van der Waals surface area contributed by atoms with E-state index in [0.717, 1.165) is 18.7 Å². The second-order valence-electron chi connectivity index (χ2n) is 6.03. The van der Waals surface area contributed by atoms with Crippen LogP contribution in [0.5, 0.6) is 0 Å². The molecule has 3 aromatic heterocycles. The lowest BCUT2D eigenvalue weighted by molar-refractivity contribution is 0.0526. The van der Waals surface area contributed by atoms with E-state index in [0.29, 0.717) is 33.8 Å². The second-order valence-corrected chi connectivity index (χ2v) is 6.97. The summed E-state index contributed by atoms with van der Waals surface area (Å²) in [6.07, 6.45) is 2.33. The molecule has 0 radical (unpaired) electrons. The first-order valence-electron chi connectivity index (χ1n) is 8.34. The van der Waals surface area contributed by atoms with Crippen LogP contribution in [0.25, 0.3) is 11.1 Å². The van der Waals surface area contributed by atoms with Gasteiger partial charge in [0.05, 0.1) is 17.7 Å². The number of carbonyl (C=O) groups is 1. The highest BCUT2D eigenvalue weighted by molar-refractivity contribution is 7.98. The molecule has 0 bridgehead atoms. The fourth-order valence-corrected chi connectivity index (χ4v) is 3.35. The van der Waals surface area contributed by atoms with Gasteiger partial charge in [-0.2, -0.15) is 4.98 Å². The summed E-state index contributed by atoms with van der Waals surface area (Å²) in [5.41, 5.74) is 6.62. The first kappa shape index (κ1) is 16.8. The Morgan fingerprint density at radius 1 is 1.38 bits per heavy atom. The lowest BCUT2D eigenvalue weighted by Crippen LogP contribution is -2.07. The third-order valence-electron chi connectivity index (χ3n) is 4.06. The van der Waals surface area contributed by atoms with Crippen molar-refractivity contribution in [2.24, 2.45) is 0 Å². The van der Waals surface area contributed by atoms with Crippen LogP contribution in [0.1, 0.15) is 53.5 Å². The van der Waals surface area contributed by atoms with Gasteiger partial charge >= 0.3 is 5.97 Å². The second kappa shape index (κ2) is 6.60. The molecule has 3 aromatic rings. The highest BCUT2D eigenvalue weighted by atomic mass is 32.2. The van der Waals surface area contributed by atoms with Crippen molar-refractivity contribution >= 4 is 34.6 Å². The number of thioether (sulfide) groups is 1. The van der Waals surface area contributed by atoms with E-state index >= 15 is 0 Å². The number of H-pyrrole nitrogens is 1. The topological polar surface area (TPSA) is 133 Å². The van der Waals surface area contributed by atoms with E-state index in [9.17, 15) is 4.79 Å². The highest BCUT2D eigenvalue weighted by Crippen LogP contribution is 2.38. The number of aryl methyl sites for hydroxylation is 1. The molecule has 10 heteroatoms. The van der Waals surface area contributed by atoms with Gasteiger partial charge < -0.3 is 14.9 Å². The summed E-state index contributed by atoms with van der Waals surface area (Å²) in [7, 11) is 0. The van der Waals surface area contributed by atoms with Crippen molar-refractivity contribution in [3.8, 4) is 0 Å². The van der Waals surface area contributed by atoms with E-state index in [-0.39, 0.29) is 23.7 Å². The summed E-state index contributed by atoms with van der Waals surface area (Å²) in [6.45, 7) is 3.68. The van der Waals surface area contributed by atoms with Gasteiger partial charge in [0, 0.05) is 5.92 Å². The molecule has 136 valence electrons. The monoisotopic (exact) mass is 374 g/mol. The Morgan fingerprint density at radius 3 is 2.92 bits per heavy atom. The largest absolute Gasteiger partial charge is 0.462 e. The van der Waals surface area contributed by atoms with Crippen LogP contribution in [0.4, 0.5) is 5.82 Å². The van der Waals surface area contributed by atoms with E-state index in [1.54, 1.807) is 13.8 Å². The fourth-order valence-electron chi connectivity index (χ4n) is 2.69. The molecule has 3 N–H and O–H groups in total. The number of hydrogen-bond acceptors (Lipinski definition) is 9. The molecule has 3 heterocycles. The molecule has 1 fully saturated rings. The van der Waals surface area contributed by atoms with Crippen LogP contribution in [-0.2, 0) is 10.5 Å². The van der Waals surface area contributed by atoms with Crippen molar-refractivity contribution in [2.45, 2.75) is 43.5 Å². The molecule has 4 rings (SSSR count). The number of aromatic nitrogens is 5. The number of nitrogen functional groups attached to an aromatic ring is 1. The normalized spacial score (nSPS) is 14.1. The molecule has 9 nitrogen and oxygen atoms in total. The Morgan fingerprint density at radius 2 is 2.19 bits per heavy atom. The van der Waals surface area contributed by atoms with Crippen molar-refractivity contribution in [1.29, 1.82) is 0 Å². The number of anilines is 1. The van der Waals surface area contributed by atoms with Crippen molar-refractivity contribution in [2.75, 3.05) is 12.3 Å². The average molecular weight is 374 g/mol. The number of carbonyl (C=O) groups excluding carboxylic acids is 1. The van der Waals surface area contributed by atoms with E-state index in [2.05, 4.69) is 25.1 Å². The van der Waals surface area contributed by atoms with Crippen LogP contribution in [-0.4, -0.2) is 37.7 Å². The van der Waals surface area contributed by atoms with Gasteiger partial charge in [0.1, 0.15) is 28.8 Å². The van der Waals surface area contributed by atoms with E-state index in [1.165, 1.54) is 11.8 Å². The zero-order valence-corrected chi connectivity index (χ0v) is 15.2. The van der Waals surface area contributed by atoms with Crippen LogP contribution in [0, 0.1) is 6.92 Å². The summed E-state index contributed by atoms with van der Waals surface area (Å²) in [6, 6.07) is 0. The number of rotatable bonds is 6. The highest BCUT2D eigenvalue weighted by Gasteiger charge is 2.27. The Kier molecular flexibility index (Phi) is 4.27. The van der Waals surface area contributed by atoms with Gasteiger partial charge in [0.2, 0.25) is 10.9 Å². The number of nitrogens with two attached hydrogens (primary N) is 1. The van der Waals surface area contributed by atoms with E-state index < -0.39 is 5.97 Å². The number of fused-ring (bicyclic) bond motifs is 1. The minimum absolute atomic E-state index is 0.194. The van der Waals surface area contributed by atoms with Gasteiger partial charge in [-0.25, -0.2) is 14.8 Å². The molecule has 0 aliphatic heterocycles. The van der Waals surface area contributed by atoms with Crippen LogP contribution in [0.15, 0.2) is 9.57 Å². The SMILES string of the molecule is CCOC(=O)c1c(C)oc2nc(CSc3n[nH]c(C4CC4)n3)nc(N)c12. The Bertz CT molecular complexity index is 978. The quantitative estimate of drug-likeness (QED) is 0.493. The van der Waals surface area contributed by atoms with E-state index in [4.69, 9.17) is 14.9 Å². The molecular formula is C16H18N6O3S. The first-order chi connectivity index (χ1) is 12.6. The first-order valence-corrected chi connectivity index (χ1v) is 9.33. The lowest BCUT2D eigenvalue weighted by atomic mass is 10.2. The molecule has 1 aliphatic rings.